The van der Waals surface area contributed by atoms with Crippen LogP contribution in [0, 0.1) is 0 Å². The Balaban J connectivity index is 1.12. The number of anilines is 6. The lowest BCUT2D eigenvalue weighted by Gasteiger charge is -2.29. The van der Waals surface area contributed by atoms with Gasteiger partial charge in [0.25, 0.3) is 0 Å². The van der Waals surface area contributed by atoms with Gasteiger partial charge in [0, 0.05) is 55.1 Å². The molecule has 0 bridgehead atoms. The molecular weight excluding hydrogens is 765 g/mol. The topological polar surface area (TPSA) is 19.6 Å². The zero-order valence-corrected chi connectivity index (χ0v) is 34.2. The summed E-state index contributed by atoms with van der Waals surface area (Å²) in [7, 11) is 0. The van der Waals surface area contributed by atoms with Crippen LogP contribution < -0.4 is 9.80 Å². The molecule has 0 spiro atoms. The fraction of sp³-hybridized carbons (Fsp3) is 0. The van der Waals surface area contributed by atoms with Crippen LogP contribution in [0.2, 0.25) is 0 Å². The lowest BCUT2D eigenvalue weighted by Crippen LogP contribution is -2.11. The van der Waals surface area contributed by atoms with Gasteiger partial charge in [-0.1, -0.05) is 182 Å². The van der Waals surface area contributed by atoms with E-state index in [1.54, 1.807) is 0 Å². The third-order valence-corrected chi connectivity index (χ3v) is 12.9. The van der Waals surface area contributed by atoms with E-state index in [9.17, 15) is 0 Å². The van der Waals surface area contributed by atoms with Crippen LogP contribution in [-0.2, 0) is 0 Å². The minimum atomic E-state index is 0.843. The van der Waals surface area contributed by atoms with Crippen molar-refractivity contribution in [1.82, 2.24) is 0 Å². The molecule has 0 aliphatic rings. The Hall–Kier alpha value is -8.40. The first kappa shape index (κ1) is 35.4. The quantitative estimate of drug-likeness (QED) is 0.156. The molecule has 0 aliphatic carbocycles. The van der Waals surface area contributed by atoms with Gasteiger partial charge in [-0.3, -0.25) is 0 Å². The summed E-state index contributed by atoms with van der Waals surface area (Å²) >= 11 is 0. The second kappa shape index (κ2) is 14.1. The molecule has 12 aromatic carbocycles. The molecule has 0 saturated carbocycles. The van der Waals surface area contributed by atoms with Crippen LogP contribution in [0.4, 0.5) is 34.1 Å². The van der Waals surface area contributed by atoms with Crippen LogP contribution in [-0.4, -0.2) is 0 Å². The fourth-order valence-corrected chi connectivity index (χ4v) is 10.2. The Morgan fingerprint density at radius 3 is 1.38 bits per heavy atom. The fourth-order valence-electron chi connectivity index (χ4n) is 10.2. The number of furan rings is 1. The maximum Gasteiger partial charge on any atom is 0.143 e. The Bertz CT molecular complexity index is 3930. The SMILES string of the molecule is c1ccc(N(c2cc3ccccc3c3ccccc23)c2cc3c(oc4cc(N(c5ccccc5)c5cccc6c5ccc5ccccc56)c5ccccc5c43)c3ccccc23)cc1. The van der Waals surface area contributed by atoms with Crippen molar-refractivity contribution in [2.75, 3.05) is 9.80 Å². The summed E-state index contributed by atoms with van der Waals surface area (Å²) in [6.07, 6.45) is 0. The second-order valence-corrected chi connectivity index (χ2v) is 16.4. The van der Waals surface area contributed by atoms with E-state index in [2.05, 4.69) is 240 Å². The first-order chi connectivity index (χ1) is 31.3. The van der Waals surface area contributed by atoms with Crippen molar-refractivity contribution in [3.8, 4) is 0 Å². The van der Waals surface area contributed by atoms with Crippen LogP contribution in [0.3, 0.4) is 0 Å². The molecule has 13 aromatic rings. The van der Waals surface area contributed by atoms with E-state index in [0.717, 1.165) is 77.6 Å². The maximum absolute atomic E-state index is 7.21. The second-order valence-electron chi connectivity index (χ2n) is 16.4. The maximum atomic E-state index is 7.21. The number of para-hydroxylation sites is 2. The predicted molar refractivity (Wildman–Crippen MR) is 268 cm³/mol. The Morgan fingerprint density at radius 1 is 0.254 bits per heavy atom. The zero-order valence-electron chi connectivity index (χ0n) is 34.2. The molecule has 0 amide bonds. The number of rotatable bonds is 6. The normalized spacial score (nSPS) is 11.8. The summed E-state index contributed by atoms with van der Waals surface area (Å²) in [6.45, 7) is 0. The molecule has 294 valence electrons. The molecule has 0 aliphatic heterocycles. The first-order valence-corrected chi connectivity index (χ1v) is 21.6. The third kappa shape index (κ3) is 5.46. The van der Waals surface area contributed by atoms with Gasteiger partial charge in [-0.15, -0.1) is 0 Å². The van der Waals surface area contributed by atoms with Gasteiger partial charge in [0.1, 0.15) is 11.2 Å². The van der Waals surface area contributed by atoms with Crippen molar-refractivity contribution < 1.29 is 4.42 Å². The molecular formula is C60H38N2O. The average molecular weight is 803 g/mol. The van der Waals surface area contributed by atoms with Gasteiger partial charge in [0.2, 0.25) is 0 Å². The lowest BCUT2D eigenvalue weighted by atomic mass is 9.96. The average Bonchev–Trinajstić information content (AvgIpc) is 3.74. The summed E-state index contributed by atoms with van der Waals surface area (Å²) in [5, 5.41) is 16.4. The highest BCUT2D eigenvalue weighted by molar-refractivity contribution is 6.28. The van der Waals surface area contributed by atoms with Crippen LogP contribution in [0.1, 0.15) is 0 Å². The van der Waals surface area contributed by atoms with Crippen molar-refractivity contribution in [1.29, 1.82) is 0 Å². The van der Waals surface area contributed by atoms with E-state index in [0.29, 0.717) is 0 Å². The molecule has 1 aromatic heterocycles. The van der Waals surface area contributed by atoms with E-state index < -0.39 is 0 Å². The molecule has 0 radical (unpaired) electrons. The van der Waals surface area contributed by atoms with Crippen molar-refractivity contribution >= 4 is 121 Å². The smallest absolute Gasteiger partial charge is 0.143 e. The van der Waals surface area contributed by atoms with E-state index in [4.69, 9.17) is 4.42 Å². The Morgan fingerprint density at radius 2 is 0.698 bits per heavy atom. The highest BCUT2D eigenvalue weighted by atomic mass is 16.3. The summed E-state index contributed by atoms with van der Waals surface area (Å²) in [5.74, 6) is 0. The Labute approximate surface area is 363 Å². The molecule has 0 fully saturated rings. The largest absolute Gasteiger partial charge is 0.455 e. The third-order valence-electron chi connectivity index (χ3n) is 12.9. The lowest BCUT2D eigenvalue weighted by molar-refractivity contribution is 0.673. The predicted octanol–water partition coefficient (Wildman–Crippen LogP) is 17.4. The zero-order chi connectivity index (χ0) is 41.4. The highest BCUT2D eigenvalue weighted by Gasteiger charge is 2.26. The molecule has 13 rings (SSSR count). The monoisotopic (exact) mass is 802 g/mol. The van der Waals surface area contributed by atoms with Crippen LogP contribution in [0.5, 0.6) is 0 Å². The van der Waals surface area contributed by atoms with Gasteiger partial charge in [0.15, 0.2) is 0 Å². The number of hydrogen-bond acceptors (Lipinski definition) is 3. The first-order valence-electron chi connectivity index (χ1n) is 21.6. The van der Waals surface area contributed by atoms with E-state index in [-0.39, 0.29) is 0 Å². The van der Waals surface area contributed by atoms with Crippen molar-refractivity contribution in [3.63, 3.8) is 0 Å². The van der Waals surface area contributed by atoms with Gasteiger partial charge in [-0.25, -0.2) is 0 Å². The number of benzene rings is 12. The van der Waals surface area contributed by atoms with E-state index >= 15 is 0 Å². The minimum absolute atomic E-state index is 0.843. The summed E-state index contributed by atoms with van der Waals surface area (Å²) in [6, 6.07) is 83.4. The summed E-state index contributed by atoms with van der Waals surface area (Å²) in [4.78, 5) is 4.87. The van der Waals surface area contributed by atoms with Crippen LogP contribution >= 0.6 is 0 Å². The van der Waals surface area contributed by atoms with Crippen molar-refractivity contribution in [3.05, 3.63) is 231 Å². The summed E-state index contributed by atoms with van der Waals surface area (Å²) < 4.78 is 7.21. The number of fused-ring (bicyclic) bond motifs is 13. The minimum Gasteiger partial charge on any atom is -0.455 e. The van der Waals surface area contributed by atoms with Gasteiger partial charge in [0.05, 0.1) is 22.7 Å². The number of hydrogen-bond donors (Lipinski definition) is 0. The van der Waals surface area contributed by atoms with E-state index in [1.807, 2.05) is 0 Å². The summed E-state index contributed by atoms with van der Waals surface area (Å²) in [5.41, 5.74) is 8.27. The Kier molecular flexibility index (Phi) is 7.91. The molecule has 0 N–H and O–H groups in total. The molecule has 63 heavy (non-hydrogen) atoms. The highest BCUT2D eigenvalue weighted by Crippen LogP contribution is 2.51. The van der Waals surface area contributed by atoms with Crippen molar-refractivity contribution in [2.24, 2.45) is 0 Å². The van der Waals surface area contributed by atoms with Crippen LogP contribution in [0.15, 0.2) is 235 Å². The molecule has 0 unspecified atom stereocenters. The molecule has 1 heterocycles. The van der Waals surface area contributed by atoms with E-state index in [1.165, 1.54) is 43.1 Å². The van der Waals surface area contributed by atoms with Gasteiger partial charge >= 0.3 is 0 Å². The molecule has 3 heteroatoms. The van der Waals surface area contributed by atoms with Crippen LogP contribution in [0.25, 0.3) is 86.6 Å². The van der Waals surface area contributed by atoms with Gasteiger partial charge < -0.3 is 14.2 Å². The number of nitrogens with zero attached hydrogens (tertiary/aromatic N) is 2. The standard InChI is InChI=1S/C60H38N2O/c1-3-20-41(21-4-1)61(54-33-17-32-46-43-24-9-7-18-39(43)34-35-50(46)54)57-38-58-59(51-30-15-13-28-48(51)57)53-37-56(49-29-14-16-31-52(49)60(53)63-58)62(42-22-5-2-6-23-42)55-36-40-19-8-10-25-44(40)45-26-11-12-27-47(45)55/h1-38H. The van der Waals surface area contributed by atoms with Gasteiger partial charge in [-0.05, 0) is 80.2 Å². The molecule has 0 atom stereocenters. The molecule has 0 saturated heterocycles. The van der Waals surface area contributed by atoms with Gasteiger partial charge in [-0.2, -0.15) is 0 Å². The molecule has 3 nitrogen and oxygen atoms in total. The van der Waals surface area contributed by atoms with Crippen molar-refractivity contribution in [2.45, 2.75) is 0 Å².